The number of carbonyl (C=O) groups excluding carboxylic acids is 2. The van der Waals surface area contributed by atoms with Gasteiger partial charge in [-0.3, -0.25) is 23.4 Å². The maximum absolute atomic E-state index is 12.7. The first-order valence-corrected chi connectivity index (χ1v) is 24.0. The van der Waals surface area contributed by atoms with Gasteiger partial charge < -0.3 is 35.4 Å². The second-order valence-corrected chi connectivity index (χ2v) is 16.6. The lowest BCUT2D eigenvalue weighted by Crippen LogP contribution is -2.34. The van der Waals surface area contributed by atoms with E-state index in [0.717, 1.165) is 51.4 Å². The highest BCUT2D eigenvalue weighted by molar-refractivity contribution is 7.47. The van der Waals surface area contributed by atoms with Crippen LogP contribution in [0.25, 0.3) is 0 Å². The van der Waals surface area contributed by atoms with Gasteiger partial charge in [-0.1, -0.05) is 139 Å². The van der Waals surface area contributed by atoms with Gasteiger partial charge in [0.15, 0.2) is 6.10 Å². The molecule has 6 N–H and O–H groups in total. The van der Waals surface area contributed by atoms with Crippen molar-refractivity contribution >= 4 is 25.7 Å². The molecule has 0 spiro atoms. The molecule has 0 aromatic rings. The lowest BCUT2D eigenvalue weighted by Gasteiger charge is -2.20. The van der Waals surface area contributed by atoms with E-state index in [1.807, 2.05) is 12.2 Å². The molecule has 14 heteroatoms. The molecule has 0 aromatic carbocycles. The Kier molecular flexibility index (Phi) is 38.2. The zero-order valence-electron chi connectivity index (χ0n) is 36.8. The first-order valence-electron chi connectivity index (χ1n) is 22.5. The molecule has 13 nitrogen and oxygen atoms in total. The van der Waals surface area contributed by atoms with Gasteiger partial charge in [-0.15, -0.1) is 0 Å². The van der Waals surface area contributed by atoms with E-state index < -0.39 is 69.9 Å². The quantitative estimate of drug-likeness (QED) is 0.0168. The fourth-order valence-electron chi connectivity index (χ4n) is 5.79. The van der Waals surface area contributed by atoms with Gasteiger partial charge in [-0.05, 0) is 77.0 Å². The molecule has 0 aliphatic heterocycles. The number of phosphoric ester groups is 1. The van der Waals surface area contributed by atoms with Crippen molar-refractivity contribution in [2.75, 3.05) is 19.8 Å². The number of phosphoric acid groups is 1. The first kappa shape index (κ1) is 57.1. The van der Waals surface area contributed by atoms with Crippen LogP contribution in [0.15, 0.2) is 60.8 Å². The van der Waals surface area contributed by atoms with Crippen LogP contribution in [0.4, 0.5) is 0 Å². The molecule has 0 rings (SSSR count). The van der Waals surface area contributed by atoms with Crippen LogP contribution in [0.5, 0.6) is 0 Å². The van der Waals surface area contributed by atoms with Crippen molar-refractivity contribution in [2.45, 2.75) is 192 Å². The number of allylic oxidation sites excluding steroid dienone is 9. The van der Waals surface area contributed by atoms with E-state index in [2.05, 4.69) is 60.9 Å². The number of carboxylic acid groups (broad SMARTS) is 1. The number of rotatable bonds is 41. The zero-order valence-corrected chi connectivity index (χ0v) is 37.6. The van der Waals surface area contributed by atoms with E-state index in [0.29, 0.717) is 12.8 Å². The maximum atomic E-state index is 12.7. The normalized spacial score (nSPS) is 15.3. The Morgan fingerprint density at radius 2 is 1.10 bits per heavy atom. The monoisotopic (exact) mass is 870 g/mol. The Morgan fingerprint density at radius 3 is 1.67 bits per heavy atom. The number of aliphatic hydroxyl groups excluding tert-OH is 2. The molecular weight excluding hydrogens is 789 g/mol. The van der Waals surface area contributed by atoms with Crippen LogP contribution in [0.2, 0.25) is 0 Å². The molecule has 0 fully saturated rings. The van der Waals surface area contributed by atoms with E-state index >= 15 is 0 Å². The number of nitrogens with two attached hydrogens (primary N) is 1. The lowest BCUT2D eigenvalue weighted by molar-refractivity contribution is -0.161. The van der Waals surface area contributed by atoms with Crippen molar-refractivity contribution in [2.24, 2.45) is 5.73 Å². The van der Waals surface area contributed by atoms with Crippen LogP contribution < -0.4 is 5.73 Å². The summed E-state index contributed by atoms with van der Waals surface area (Å²) in [6.07, 6.45) is 38.8. The molecule has 5 atom stereocenters. The summed E-state index contributed by atoms with van der Waals surface area (Å²) in [4.78, 5) is 46.1. The number of ether oxygens (including phenoxy) is 2. The number of aliphatic hydroxyl groups is 2. The molecule has 0 aliphatic rings. The van der Waals surface area contributed by atoms with E-state index in [1.165, 1.54) is 57.8 Å². The van der Waals surface area contributed by atoms with Gasteiger partial charge >= 0.3 is 25.7 Å². The molecular formula is C46H80NO12P. The molecule has 60 heavy (non-hydrogen) atoms. The molecule has 0 aromatic heterocycles. The van der Waals surface area contributed by atoms with Gasteiger partial charge in [0.25, 0.3) is 0 Å². The minimum absolute atomic E-state index is 0.111. The van der Waals surface area contributed by atoms with Gasteiger partial charge in [0.1, 0.15) is 12.6 Å². The van der Waals surface area contributed by atoms with E-state index in [1.54, 1.807) is 6.08 Å². The van der Waals surface area contributed by atoms with E-state index in [9.17, 15) is 34.1 Å². The highest BCUT2D eigenvalue weighted by Crippen LogP contribution is 2.43. The number of carboxylic acids is 1. The third-order valence-corrected chi connectivity index (χ3v) is 10.4. The number of unbranched alkanes of at least 4 members (excludes halogenated alkanes) is 13. The zero-order chi connectivity index (χ0) is 44.5. The summed E-state index contributed by atoms with van der Waals surface area (Å²) in [5.74, 6) is -2.71. The third kappa shape index (κ3) is 38.1. The van der Waals surface area contributed by atoms with Crippen LogP contribution in [0, 0.1) is 0 Å². The first-order chi connectivity index (χ1) is 28.9. The fraction of sp³-hybridized carbons (Fsp3) is 0.717. The predicted octanol–water partition coefficient (Wildman–Crippen LogP) is 9.89. The minimum atomic E-state index is -4.80. The third-order valence-electron chi connectivity index (χ3n) is 9.45. The standard InChI is InChI=1S/C46H80NO12P/c1-3-5-7-9-11-13-15-17-18-19-20-21-23-25-27-29-31-35-44(50)56-37-40(38-57-60(54,55)58-39-41(47)46(52)53)59-45(51)36-32-34-43(49)42(48)33-30-28-26-24-22-16-14-12-10-8-6-4-2/h6,8,12,14,17-18,22,24,28,30,40-43,48-49H,3-5,7,9-11,13,15-16,19-21,23,25-27,29,31-39,47H2,1-2H3,(H,52,53)(H,54,55)/b8-6-,14-12-,18-17-,24-22-,30-28-/t40-,41+,42-,43-/m1/s1. The molecule has 0 saturated carbocycles. The van der Waals surface area contributed by atoms with Gasteiger partial charge in [0.2, 0.25) is 0 Å². The van der Waals surface area contributed by atoms with Crippen LogP contribution in [0.1, 0.15) is 168 Å². The van der Waals surface area contributed by atoms with Crippen LogP contribution >= 0.6 is 7.82 Å². The summed E-state index contributed by atoms with van der Waals surface area (Å²) in [6.45, 7) is 2.38. The Morgan fingerprint density at radius 1 is 0.600 bits per heavy atom. The van der Waals surface area contributed by atoms with Crippen molar-refractivity contribution in [1.29, 1.82) is 0 Å². The summed E-state index contributed by atoms with van der Waals surface area (Å²) in [5, 5.41) is 29.6. The summed E-state index contributed by atoms with van der Waals surface area (Å²) in [5.41, 5.74) is 5.32. The Labute approximate surface area is 361 Å². The topological polar surface area (TPSA) is 212 Å². The van der Waals surface area contributed by atoms with Crippen LogP contribution in [-0.4, -0.2) is 82.3 Å². The number of carbonyl (C=O) groups is 3. The molecule has 0 saturated heterocycles. The molecule has 1 unspecified atom stereocenters. The Bertz CT molecular complexity index is 1280. The van der Waals surface area contributed by atoms with Crippen molar-refractivity contribution in [3.63, 3.8) is 0 Å². The molecule has 0 radical (unpaired) electrons. The Hall–Kier alpha value is -2.90. The minimum Gasteiger partial charge on any atom is -0.480 e. The van der Waals surface area contributed by atoms with E-state index in [-0.39, 0.29) is 32.1 Å². The summed E-state index contributed by atoms with van der Waals surface area (Å²) < 4.78 is 32.5. The SMILES string of the molecule is CC/C=C\C/C=C\C/C=C\C/C=C\C[C@@H](O)[C@H](O)CCCC(=O)O[C@H](COC(=O)CCCCCCCCC/C=C\CCCCCCCC)COP(=O)(O)OC[C@H](N)C(=O)O. The smallest absolute Gasteiger partial charge is 0.472 e. The van der Waals surface area contributed by atoms with Crippen molar-refractivity contribution in [1.82, 2.24) is 0 Å². The largest absolute Gasteiger partial charge is 0.480 e. The molecule has 346 valence electrons. The second-order valence-electron chi connectivity index (χ2n) is 15.1. The summed E-state index contributed by atoms with van der Waals surface area (Å²) in [6, 6.07) is -1.57. The second kappa shape index (κ2) is 40.2. The maximum Gasteiger partial charge on any atom is 0.472 e. The summed E-state index contributed by atoms with van der Waals surface area (Å²) >= 11 is 0. The lowest BCUT2D eigenvalue weighted by atomic mass is 10.0. The highest BCUT2D eigenvalue weighted by atomic mass is 31.2. The van der Waals surface area contributed by atoms with Gasteiger partial charge in [0.05, 0.1) is 25.4 Å². The highest BCUT2D eigenvalue weighted by Gasteiger charge is 2.28. The van der Waals surface area contributed by atoms with Crippen LogP contribution in [-0.2, 0) is 37.5 Å². The molecule has 0 bridgehead atoms. The number of hydrogen-bond donors (Lipinski definition) is 5. The Balaban J connectivity index is 4.59. The molecule has 0 heterocycles. The van der Waals surface area contributed by atoms with Crippen molar-refractivity contribution in [3.05, 3.63) is 60.8 Å². The van der Waals surface area contributed by atoms with Gasteiger partial charge in [-0.25, -0.2) is 4.57 Å². The van der Waals surface area contributed by atoms with Gasteiger partial charge in [0, 0.05) is 12.8 Å². The van der Waals surface area contributed by atoms with Crippen LogP contribution in [0.3, 0.4) is 0 Å². The molecule has 0 aliphatic carbocycles. The number of esters is 2. The average molecular weight is 870 g/mol. The molecule has 0 amide bonds. The van der Waals surface area contributed by atoms with Crippen molar-refractivity contribution < 1.29 is 57.7 Å². The average Bonchev–Trinajstić information content (AvgIpc) is 3.22. The van der Waals surface area contributed by atoms with Gasteiger partial charge in [-0.2, -0.15) is 0 Å². The number of aliphatic carboxylic acids is 1. The number of hydrogen-bond acceptors (Lipinski definition) is 11. The fourth-order valence-corrected chi connectivity index (χ4v) is 6.57. The van der Waals surface area contributed by atoms with E-state index in [4.69, 9.17) is 24.8 Å². The van der Waals surface area contributed by atoms with Crippen molar-refractivity contribution in [3.8, 4) is 0 Å². The predicted molar refractivity (Wildman–Crippen MR) is 238 cm³/mol. The summed E-state index contributed by atoms with van der Waals surface area (Å²) in [7, 11) is -4.80.